The number of hydrogen-bond donors (Lipinski definition) is 2. The number of carbonyl (C=O) groups excluding carboxylic acids is 3. The smallest absolute Gasteiger partial charge is 0.322 e. The van der Waals surface area contributed by atoms with Crippen LogP contribution < -0.4 is 10.6 Å². The zero-order valence-electron chi connectivity index (χ0n) is 18.0. The quantitative estimate of drug-likeness (QED) is 0.798. The second-order valence-corrected chi connectivity index (χ2v) is 8.41. The third-order valence-electron chi connectivity index (χ3n) is 5.66. The van der Waals surface area contributed by atoms with Crippen molar-refractivity contribution in [2.75, 3.05) is 20.1 Å². The van der Waals surface area contributed by atoms with Gasteiger partial charge in [-0.05, 0) is 37.8 Å². The largest absolute Gasteiger partial charge is 0.354 e. The number of benzene rings is 1. The van der Waals surface area contributed by atoms with Crippen LogP contribution in [0.2, 0.25) is 0 Å². The third-order valence-corrected chi connectivity index (χ3v) is 5.66. The molecule has 156 valence electrons. The van der Waals surface area contributed by atoms with E-state index in [1.807, 2.05) is 45.9 Å². The summed E-state index contributed by atoms with van der Waals surface area (Å²) in [5.74, 6) is -0.0606. The van der Waals surface area contributed by atoms with E-state index < -0.39 is 12.1 Å². The summed E-state index contributed by atoms with van der Waals surface area (Å²) in [5.41, 5.74) is 4.24. The van der Waals surface area contributed by atoms with Crippen LogP contribution in [0.3, 0.4) is 0 Å². The average Bonchev–Trinajstić information content (AvgIpc) is 3.00. The minimum atomic E-state index is -0.616. The highest BCUT2D eigenvalue weighted by Crippen LogP contribution is 2.37. The summed E-state index contributed by atoms with van der Waals surface area (Å²) in [6, 6.07) is 4.60. The van der Waals surface area contributed by atoms with Crippen LogP contribution in [0.1, 0.15) is 43.5 Å². The lowest BCUT2D eigenvalue weighted by atomic mass is 9.91. The summed E-state index contributed by atoms with van der Waals surface area (Å²) < 4.78 is 0. The molecular formula is C22H30N4O3. The van der Waals surface area contributed by atoms with Crippen molar-refractivity contribution in [3.8, 4) is 0 Å². The van der Waals surface area contributed by atoms with Gasteiger partial charge in [-0.1, -0.05) is 37.6 Å². The summed E-state index contributed by atoms with van der Waals surface area (Å²) in [7, 11) is 1.66. The first-order chi connectivity index (χ1) is 13.6. The molecule has 0 aromatic heterocycles. The number of aryl methyl sites for hydroxylation is 2. The fourth-order valence-corrected chi connectivity index (χ4v) is 3.88. The maximum absolute atomic E-state index is 13.3. The highest BCUT2D eigenvalue weighted by atomic mass is 16.2. The predicted molar refractivity (Wildman–Crippen MR) is 111 cm³/mol. The van der Waals surface area contributed by atoms with Crippen molar-refractivity contribution in [1.82, 2.24) is 20.4 Å². The van der Waals surface area contributed by atoms with Crippen LogP contribution in [0.5, 0.6) is 0 Å². The van der Waals surface area contributed by atoms with Gasteiger partial charge in [0, 0.05) is 13.6 Å². The molecule has 0 saturated carbocycles. The molecule has 1 aromatic carbocycles. The van der Waals surface area contributed by atoms with Gasteiger partial charge in [0.05, 0.1) is 23.9 Å². The van der Waals surface area contributed by atoms with Crippen LogP contribution in [-0.4, -0.2) is 53.8 Å². The highest BCUT2D eigenvalue weighted by Gasteiger charge is 2.45. The Kier molecular flexibility index (Phi) is 5.68. The van der Waals surface area contributed by atoms with Crippen LogP contribution in [0.15, 0.2) is 29.5 Å². The summed E-state index contributed by atoms with van der Waals surface area (Å²) in [6.07, 6.45) is 0. The molecule has 0 aliphatic carbocycles. The summed E-state index contributed by atoms with van der Waals surface area (Å²) >= 11 is 0. The van der Waals surface area contributed by atoms with Gasteiger partial charge in [0.25, 0.3) is 5.91 Å². The molecule has 0 unspecified atom stereocenters. The van der Waals surface area contributed by atoms with Crippen LogP contribution in [0.4, 0.5) is 4.79 Å². The van der Waals surface area contributed by atoms with Gasteiger partial charge in [-0.2, -0.15) is 0 Å². The third kappa shape index (κ3) is 3.86. The molecule has 2 aliphatic heterocycles. The predicted octanol–water partition coefficient (Wildman–Crippen LogP) is 2.26. The zero-order valence-corrected chi connectivity index (χ0v) is 18.0. The Balaban J connectivity index is 1.92. The van der Waals surface area contributed by atoms with Crippen molar-refractivity contribution in [2.45, 2.75) is 46.7 Å². The number of hydrogen-bond acceptors (Lipinski definition) is 3. The molecule has 1 aromatic rings. The van der Waals surface area contributed by atoms with Crippen LogP contribution in [0.25, 0.3) is 0 Å². The second-order valence-electron chi connectivity index (χ2n) is 8.41. The Hall–Kier alpha value is -2.83. The van der Waals surface area contributed by atoms with E-state index in [0.29, 0.717) is 23.7 Å². The number of likely N-dealkylation sites (N-methyl/N-ethyl adjacent to an activating group) is 1. The number of nitrogens with one attached hydrogen (secondary N) is 2. The number of carbonyl (C=O) groups is 3. The van der Waals surface area contributed by atoms with E-state index in [-0.39, 0.29) is 24.4 Å². The van der Waals surface area contributed by atoms with Crippen molar-refractivity contribution >= 4 is 17.8 Å². The Morgan fingerprint density at radius 3 is 2.55 bits per heavy atom. The van der Waals surface area contributed by atoms with Crippen molar-refractivity contribution in [1.29, 1.82) is 0 Å². The summed E-state index contributed by atoms with van der Waals surface area (Å²) in [6.45, 7) is 10.6. The van der Waals surface area contributed by atoms with E-state index in [9.17, 15) is 14.4 Å². The first-order valence-corrected chi connectivity index (χ1v) is 10.0. The van der Waals surface area contributed by atoms with Crippen molar-refractivity contribution in [3.05, 3.63) is 46.2 Å². The Bertz CT molecular complexity index is 890. The van der Waals surface area contributed by atoms with E-state index in [4.69, 9.17) is 0 Å². The number of nitrogens with zero attached hydrogens (tertiary/aromatic N) is 2. The van der Waals surface area contributed by atoms with E-state index >= 15 is 0 Å². The maximum Gasteiger partial charge on any atom is 0.322 e. The molecule has 2 atom stereocenters. The molecule has 0 spiro atoms. The van der Waals surface area contributed by atoms with Crippen molar-refractivity contribution in [3.63, 3.8) is 0 Å². The van der Waals surface area contributed by atoms with E-state index in [1.165, 1.54) is 4.90 Å². The van der Waals surface area contributed by atoms with Gasteiger partial charge < -0.3 is 15.5 Å². The fourth-order valence-electron chi connectivity index (χ4n) is 3.88. The number of amides is 4. The monoisotopic (exact) mass is 398 g/mol. The molecule has 7 heteroatoms. The van der Waals surface area contributed by atoms with E-state index in [2.05, 4.69) is 10.6 Å². The van der Waals surface area contributed by atoms with E-state index in [0.717, 1.165) is 16.7 Å². The van der Waals surface area contributed by atoms with Crippen LogP contribution >= 0.6 is 0 Å². The lowest BCUT2D eigenvalue weighted by Crippen LogP contribution is -2.47. The van der Waals surface area contributed by atoms with E-state index in [1.54, 1.807) is 18.9 Å². The van der Waals surface area contributed by atoms with Crippen molar-refractivity contribution < 1.29 is 14.4 Å². The SMILES string of the molecule is Cc1ccc([C@@H]2NC(=O)N(C)C3=C2C(=O)N([C@@H](C)C(=O)NCC(C)C)C3)c(C)c1. The Morgan fingerprint density at radius 2 is 1.93 bits per heavy atom. The van der Waals surface area contributed by atoms with Gasteiger partial charge in [-0.15, -0.1) is 0 Å². The van der Waals surface area contributed by atoms with Crippen LogP contribution in [-0.2, 0) is 9.59 Å². The minimum Gasteiger partial charge on any atom is -0.354 e. The van der Waals surface area contributed by atoms with Gasteiger partial charge in [0.15, 0.2) is 0 Å². The maximum atomic E-state index is 13.3. The standard InChI is InChI=1S/C22H30N4O3/c1-12(2)10-23-20(27)15(5)26-11-17-18(21(26)28)19(24-22(29)25(17)6)16-8-7-13(3)9-14(16)4/h7-9,12,15,19H,10-11H2,1-6H3,(H,23,27)(H,24,29)/t15-,19-/m0/s1. The molecule has 3 rings (SSSR count). The molecule has 0 radical (unpaired) electrons. The zero-order chi connectivity index (χ0) is 21.5. The molecule has 2 N–H and O–H groups in total. The highest BCUT2D eigenvalue weighted by molar-refractivity contribution is 6.03. The van der Waals surface area contributed by atoms with Gasteiger partial charge in [0.1, 0.15) is 6.04 Å². The molecule has 2 aliphatic rings. The Labute approximate surface area is 172 Å². The molecule has 29 heavy (non-hydrogen) atoms. The summed E-state index contributed by atoms with van der Waals surface area (Å²) in [4.78, 5) is 41.5. The molecule has 4 amide bonds. The number of rotatable bonds is 5. The van der Waals surface area contributed by atoms with Crippen LogP contribution in [0, 0.1) is 19.8 Å². The lowest BCUT2D eigenvalue weighted by molar-refractivity contribution is -0.135. The molecule has 2 heterocycles. The van der Waals surface area contributed by atoms with Gasteiger partial charge in [-0.25, -0.2) is 4.79 Å². The lowest BCUT2D eigenvalue weighted by Gasteiger charge is -2.31. The topological polar surface area (TPSA) is 81.8 Å². The first kappa shape index (κ1) is 20.9. The Morgan fingerprint density at radius 1 is 1.24 bits per heavy atom. The summed E-state index contributed by atoms with van der Waals surface area (Å²) in [5, 5.41) is 5.85. The average molecular weight is 399 g/mol. The van der Waals surface area contributed by atoms with Gasteiger partial charge in [0.2, 0.25) is 5.91 Å². The molecule has 0 bridgehead atoms. The van der Waals surface area contributed by atoms with Crippen molar-refractivity contribution in [2.24, 2.45) is 5.92 Å². The molecule has 0 fully saturated rings. The van der Waals surface area contributed by atoms with Gasteiger partial charge >= 0.3 is 6.03 Å². The second kappa shape index (κ2) is 7.89. The molecule has 7 nitrogen and oxygen atoms in total. The molecule has 0 saturated heterocycles. The normalized spacial score (nSPS) is 20.2. The first-order valence-electron chi connectivity index (χ1n) is 10.0. The molecular weight excluding hydrogens is 368 g/mol. The van der Waals surface area contributed by atoms with Gasteiger partial charge in [-0.3, -0.25) is 14.5 Å². The number of urea groups is 1. The fraction of sp³-hybridized carbons (Fsp3) is 0.500. The minimum absolute atomic E-state index is 0.183.